The SMILES string of the molecule is C.CC.CC.Cc1ccc(NC(/C=C(\N)C2C=CC=CCC2)=C/Cc2ccccc2)c(-c2ccccc2)c1. The zero-order chi connectivity index (χ0) is 26.9. The number of nitrogens with one attached hydrogen (secondary N) is 1. The minimum Gasteiger partial charge on any atom is -0.401 e. The molecule has 0 spiro atoms. The first kappa shape index (κ1) is 32.2. The van der Waals surface area contributed by atoms with Crippen LogP contribution in [0.5, 0.6) is 0 Å². The van der Waals surface area contributed by atoms with Crippen LogP contribution in [0.3, 0.4) is 0 Å². The maximum Gasteiger partial charge on any atom is 0.0464 e. The Morgan fingerprint density at radius 3 is 2.24 bits per heavy atom. The van der Waals surface area contributed by atoms with Crippen molar-refractivity contribution in [2.24, 2.45) is 11.7 Å². The van der Waals surface area contributed by atoms with Gasteiger partial charge in [-0.25, -0.2) is 0 Å². The van der Waals surface area contributed by atoms with Gasteiger partial charge in [-0.15, -0.1) is 0 Å². The van der Waals surface area contributed by atoms with Gasteiger partial charge in [0.2, 0.25) is 0 Å². The molecule has 3 aromatic carbocycles. The molecule has 2 nitrogen and oxygen atoms in total. The van der Waals surface area contributed by atoms with Gasteiger partial charge in [-0.3, -0.25) is 0 Å². The van der Waals surface area contributed by atoms with E-state index in [-0.39, 0.29) is 13.3 Å². The van der Waals surface area contributed by atoms with Gasteiger partial charge in [0.05, 0.1) is 0 Å². The summed E-state index contributed by atoms with van der Waals surface area (Å²) in [6.07, 6.45) is 15.9. The molecule has 0 saturated heterocycles. The Hall–Kier alpha value is -3.78. The molecule has 0 heterocycles. The summed E-state index contributed by atoms with van der Waals surface area (Å²) < 4.78 is 0. The molecule has 3 N–H and O–H groups in total. The number of hydrogen-bond donors (Lipinski definition) is 2. The number of rotatable bonds is 7. The lowest BCUT2D eigenvalue weighted by atomic mass is 9.98. The van der Waals surface area contributed by atoms with Crippen molar-refractivity contribution in [2.75, 3.05) is 5.32 Å². The summed E-state index contributed by atoms with van der Waals surface area (Å²) in [6, 6.07) is 27.6. The van der Waals surface area contributed by atoms with E-state index >= 15 is 0 Å². The van der Waals surface area contributed by atoms with E-state index in [1.54, 1.807) is 0 Å². The number of allylic oxidation sites excluding steroid dienone is 6. The van der Waals surface area contributed by atoms with Crippen molar-refractivity contribution < 1.29 is 0 Å². The van der Waals surface area contributed by atoms with Gasteiger partial charge in [-0.1, -0.05) is 138 Å². The van der Waals surface area contributed by atoms with Gasteiger partial charge in [-0.2, -0.15) is 0 Å². The third-order valence-corrected chi connectivity index (χ3v) is 5.92. The summed E-state index contributed by atoms with van der Waals surface area (Å²) >= 11 is 0. The van der Waals surface area contributed by atoms with Crippen LogP contribution in [0, 0.1) is 12.8 Å². The largest absolute Gasteiger partial charge is 0.401 e. The van der Waals surface area contributed by atoms with Gasteiger partial charge >= 0.3 is 0 Å². The number of anilines is 1. The van der Waals surface area contributed by atoms with E-state index in [0.717, 1.165) is 36.3 Å². The van der Waals surface area contributed by atoms with E-state index < -0.39 is 0 Å². The van der Waals surface area contributed by atoms with E-state index in [0.29, 0.717) is 0 Å². The van der Waals surface area contributed by atoms with Gasteiger partial charge in [0.15, 0.2) is 0 Å². The third-order valence-electron chi connectivity index (χ3n) is 5.92. The molecule has 0 saturated carbocycles. The van der Waals surface area contributed by atoms with Crippen LogP contribution in [0.25, 0.3) is 11.1 Å². The number of nitrogens with two attached hydrogens (primary N) is 1. The van der Waals surface area contributed by atoms with E-state index in [2.05, 4.69) is 128 Å². The van der Waals surface area contributed by atoms with Gasteiger partial charge in [0.25, 0.3) is 0 Å². The van der Waals surface area contributed by atoms with Crippen molar-refractivity contribution in [1.82, 2.24) is 0 Å². The summed E-state index contributed by atoms with van der Waals surface area (Å²) in [4.78, 5) is 0. The Kier molecular flexibility index (Phi) is 15.7. The summed E-state index contributed by atoms with van der Waals surface area (Å²) in [5.41, 5.74) is 14.5. The lowest BCUT2D eigenvalue weighted by Crippen LogP contribution is -2.12. The molecule has 3 aromatic rings. The Balaban J connectivity index is 0.00000138. The lowest BCUT2D eigenvalue weighted by Gasteiger charge is -2.17. The van der Waals surface area contributed by atoms with Crippen molar-refractivity contribution in [2.45, 2.75) is 61.3 Å². The minimum absolute atomic E-state index is 0. The fourth-order valence-electron chi connectivity index (χ4n) is 4.08. The zero-order valence-electron chi connectivity index (χ0n) is 23.2. The highest BCUT2D eigenvalue weighted by Gasteiger charge is 2.11. The molecule has 1 aliphatic carbocycles. The molecule has 202 valence electrons. The summed E-state index contributed by atoms with van der Waals surface area (Å²) in [6.45, 7) is 10.1. The zero-order valence-corrected chi connectivity index (χ0v) is 23.2. The van der Waals surface area contributed by atoms with E-state index in [4.69, 9.17) is 5.73 Å². The molecule has 4 rings (SSSR count). The van der Waals surface area contributed by atoms with Crippen molar-refractivity contribution in [1.29, 1.82) is 0 Å². The Labute approximate surface area is 232 Å². The molecule has 0 aromatic heterocycles. The highest BCUT2D eigenvalue weighted by molar-refractivity contribution is 5.80. The number of aryl methyl sites for hydroxylation is 1. The molecule has 0 aliphatic heterocycles. The summed E-state index contributed by atoms with van der Waals surface area (Å²) in [5.74, 6) is 0.244. The van der Waals surface area contributed by atoms with Crippen molar-refractivity contribution in [3.63, 3.8) is 0 Å². The molecule has 0 fully saturated rings. The highest BCUT2D eigenvalue weighted by atomic mass is 14.9. The summed E-state index contributed by atoms with van der Waals surface area (Å²) in [5, 5.41) is 3.69. The predicted molar refractivity (Wildman–Crippen MR) is 171 cm³/mol. The fourth-order valence-corrected chi connectivity index (χ4v) is 4.08. The molecular weight excluding hydrogens is 460 g/mol. The minimum atomic E-state index is 0. The van der Waals surface area contributed by atoms with Crippen LogP contribution in [0.2, 0.25) is 0 Å². The average Bonchev–Trinajstić information content (AvgIpc) is 3.26. The van der Waals surface area contributed by atoms with E-state index in [1.807, 2.05) is 27.7 Å². The van der Waals surface area contributed by atoms with Crippen LogP contribution < -0.4 is 11.1 Å². The second-order valence-corrected chi connectivity index (χ2v) is 8.53. The second-order valence-electron chi connectivity index (χ2n) is 8.53. The van der Waals surface area contributed by atoms with Crippen LogP contribution in [0.4, 0.5) is 5.69 Å². The van der Waals surface area contributed by atoms with Crippen LogP contribution in [-0.4, -0.2) is 0 Å². The molecule has 0 amide bonds. The van der Waals surface area contributed by atoms with Gasteiger partial charge < -0.3 is 11.1 Å². The molecule has 0 bridgehead atoms. The Morgan fingerprint density at radius 1 is 0.895 bits per heavy atom. The predicted octanol–water partition coefficient (Wildman–Crippen LogP) is 10.3. The first-order chi connectivity index (χ1) is 18.2. The fraction of sp³-hybridized carbons (Fsp3) is 0.278. The van der Waals surface area contributed by atoms with Crippen LogP contribution in [0.1, 0.15) is 59.1 Å². The first-order valence-electron chi connectivity index (χ1n) is 13.7. The third kappa shape index (κ3) is 10.3. The molecule has 38 heavy (non-hydrogen) atoms. The smallest absolute Gasteiger partial charge is 0.0464 e. The standard InChI is InChI=1S/C31H32N2.2C2H6.CH4/c1-24-18-21-31(29(22-24)26-14-10-5-11-15-26)33-28(20-19-25-12-6-4-7-13-25)23-30(32)27-16-8-2-3-9-17-27;2*1-2;/h2-8,10-16,18,20-23,27,33H,9,17,19,32H2,1H3;2*1-2H3;1H4/b28-20+,30-23-;;;. The van der Waals surface area contributed by atoms with Gasteiger partial charge in [0.1, 0.15) is 0 Å². The highest BCUT2D eigenvalue weighted by Crippen LogP contribution is 2.30. The van der Waals surface area contributed by atoms with Crippen LogP contribution >= 0.6 is 0 Å². The maximum atomic E-state index is 6.62. The normalized spacial score (nSPS) is 14.6. The topological polar surface area (TPSA) is 38.0 Å². The molecule has 1 atom stereocenters. The number of hydrogen-bond acceptors (Lipinski definition) is 2. The van der Waals surface area contributed by atoms with E-state index in [1.165, 1.54) is 22.3 Å². The van der Waals surface area contributed by atoms with Crippen molar-refractivity contribution >= 4 is 5.69 Å². The van der Waals surface area contributed by atoms with Crippen LogP contribution in [-0.2, 0) is 6.42 Å². The average molecular weight is 509 g/mol. The number of benzene rings is 3. The van der Waals surface area contributed by atoms with Gasteiger partial charge in [-0.05, 0) is 55.5 Å². The summed E-state index contributed by atoms with van der Waals surface area (Å²) in [7, 11) is 0. The van der Waals surface area contributed by atoms with Gasteiger partial charge in [0, 0.05) is 28.6 Å². The lowest BCUT2D eigenvalue weighted by molar-refractivity contribution is 0.680. The molecular formula is C36H48N2. The Morgan fingerprint density at radius 2 is 1.55 bits per heavy atom. The first-order valence-corrected chi connectivity index (χ1v) is 13.7. The molecule has 0 radical (unpaired) electrons. The Bertz CT molecular complexity index is 1170. The van der Waals surface area contributed by atoms with Crippen LogP contribution in [0.15, 0.2) is 127 Å². The quantitative estimate of drug-likeness (QED) is 0.311. The molecule has 1 aliphatic rings. The monoisotopic (exact) mass is 508 g/mol. The molecule has 1 unspecified atom stereocenters. The maximum absolute atomic E-state index is 6.62. The van der Waals surface area contributed by atoms with Crippen molar-refractivity contribution in [3.05, 3.63) is 138 Å². The molecule has 2 heteroatoms. The van der Waals surface area contributed by atoms with Crippen molar-refractivity contribution in [3.8, 4) is 11.1 Å². The second kappa shape index (κ2) is 18.5. The van der Waals surface area contributed by atoms with E-state index in [9.17, 15) is 0 Å².